The largest absolute Gasteiger partial charge is 0.480 e. The number of nitrogens with zero attached hydrogens (tertiary/aromatic N) is 2. The molecule has 1 aliphatic heterocycles. The Balaban J connectivity index is 2.24. The number of carbonyl (C=O) groups excluding carboxylic acids is 2. The third-order valence-electron chi connectivity index (χ3n) is 8.77. The molecule has 5 atom stereocenters. The zero-order valence-electron chi connectivity index (χ0n) is 36.9. The van der Waals surface area contributed by atoms with Gasteiger partial charge in [0.1, 0.15) is 24.9 Å². The number of nitrogens with two attached hydrogens (primary N) is 3. The smallest absolute Gasteiger partial charge is 0.370 e. The first kappa shape index (κ1) is 57.7. The maximum atomic E-state index is 13.0. The second-order valence-electron chi connectivity index (χ2n) is 13.7. The first-order valence-electron chi connectivity index (χ1n) is 21.2. The van der Waals surface area contributed by atoms with Crippen molar-refractivity contribution in [3.05, 3.63) is 11.8 Å². The van der Waals surface area contributed by atoms with Crippen molar-refractivity contribution >= 4 is 23.7 Å². The Kier molecular flexibility index (Phi) is 35.8. The van der Waals surface area contributed by atoms with Crippen LogP contribution in [0.1, 0.15) is 26.7 Å². The van der Waals surface area contributed by atoms with Crippen LogP contribution in [0.4, 0.5) is 0 Å². The summed E-state index contributed by atoms with van der Waals surface area (Å²) in [4.78, 5) is 47.3. The maximum absolute atomic E-state index is 13.0. The van der Waals surface area contributed by atoms with Crippen molar-refractivity contribution in [2.24, 2.45) is 28.3 Å². The van der Waals surface area contributed by atoms with Gasteiger partial charge in [0.2, 0.25) is 17.6 Å². The maximum Gasteiger partial charge on any atom is 0.370 e. The number of carbonyl (C=O) groups is 3. The van der Waals surface area contributed by atoms with Crippen LogP contribution in [0.15, 0.2) is 16.8 Å². The van der Waals surface area contributed by atoms with Gasteiger partial charge in [-0.2, -0.15) is 0 Å². The number of hydrogen-bond acceptors (Lipinski definition) is 19. The van der Waals surface area contributed by atoms with Crippen molar-refractivity contribution in [1.82, 2.24) is 10.2 Å². The summed E-state index contributed by atoms with van der Waals surface area (Å²) in [5, 5.41) is 32.3. The number of aliphatic hydroxyl groups excluding tert-OH is 2. The fraction of sp³-hybridized carbons (Fsp3) is 0.846. The summed E-state index contributed by atoms with van der Waals surface area (Å²) < 4.78 is 60.5. The van der Waals surface area contributed by atoms with Crippen LogP contribution in [-0.2, 0) is 71.3 Å². The first-order valence-corrected chi connectivity index (χ1v) is 21.2. The highest BCUT2D eigenvalue weighted by atomic mass is 16.6. The van der Waals surface area contributed by atoms with Gasteiger partial charge in [-0.15, -0.1) is 0 Å². The average molecular weight is 915 g/mol. The lowest BCUT2D eigenvalue weighted by atomic mass is 9.87. The molecule has 0 aromatic carbocycles. The summed E-state index contributed by atoms with van der Waals surface area (Å²) in [6, 6.07) is -0.830. The lowest BCUT2D eigenvalue weighted by Gasteiger charge is -2.38. The van der Waals surface area contributed by atoms with Crippen molar-refractivity contribution < 1.29 is 86.6 Å². The van der Waals surface area contributed by atoms with E-state index in [4.69, 9.17) is 69.5 Å². The molecule has 0 bridgehead atoms. The molecule has 368 valence electrons. The minimum absolute atomic E-state index is 0.105. The molecule has 0 radical (unpaired) electrons. The number of carboxylic acid groups (broad SMARTS) is 1. The van der Waals surface area contributed by atoms with Crippen LogP contribution in [0.25, 0.3) is 0 Å². The van der Waals surface area contributed by atoms with E-state index in [9.17, 15) is 29.7 Å². The monoisotopic (exact) mass is 915 g/mol. The molecule has 0 fully saturated rings. The molecule has 0 aromatic heterocycles. The molecule has 0 aromatic rings. The Hall–Kier alpha value is -3.34. The zero-order valence-corrected chi connectivity index (χ0v) is 36.9. The Bertz CT molecular complexity index is 1240. The number of carboxylic acids is 1. The highest BCUT2D eigenvalue weighted by molar-refractivity contribution is 5.85. The van der Waals surface area contributed by atoms with Crippen LogP contribution >= 0.6 is 0 Å². The van der Waals surface area contributed by atoms with Crippen LogP contribution in [-0.4, -0.2) is 227 Å². The first-order chi connectivity index (χ1) is 30.5. The van der Waals surface area contributed by atoms with Gasteiger partial charge in [0.25, 0.3) is 0 Å². The molecule has 2 amide bonds. The van der Waals surface area contributed by atoms with Gasteiger partial charge in [0.05, 0.1) is 138 Å². The Morgan fingerprint density at radius 3 is 1.70 bits per heavy atom. The van der Waals surface area contributed by atoms with E-state index in [0.29, 0.717) is 119 Å². The summed E-state index contributed by atoms with van der Waals surface area (Å²) in [5.74, 6) is 1.45. The van der Waals surface area contributed by atoms with E-state index in [1.807, 2.05) is 6.92 Å². The lowest BCUT2D eigenvalue weighted by molar-refractivity contribution is -0.160. The molecule has 24 heteroatoms. The number of rotatable bonds is 43. The quantitative estimate of drug-likeness (QED) is 0.0140. The molecular formula is C39H74N6O18. The third kappa shape index (κ3) is 29.7. The summed E-state index contributed by atoms with van der Waals surface area (Å²) in [7, 11) is 0. The summed E-state index contributed by atoms with van der Waals surface area (Å²) in [5.41, 5.74) is 11.0. The average Bonchev–Trinajstić information content (AvgIpc) is 3.26. The van der Waals surface area contributed by atoms with Crippen molar-refractivity contribution in [2.45, 2.75) is 51.0 Å². The molecule has 0 unspecified atom stereocenters. The van der Waals surface area contributed by atoms with Gasteiger partial charge in [0.15, 0.2) is 5.96 Å². The number of nitrogens with one attached hydrogen (secondary N) is 1. The summed E-state index contributed by atoms with van der Waals surface area (Å²) in [6.45, 7) is 10.5. The van der Waals surface area contributed by atoms with E-state index in [2.05, 4.69) is 15.1 Å². The second kappa shape index (κ2) is 39.1. The van der Waals surface area contributed by atoms with E-state index in [1.54, 1.807) is 11.8 Å². The van der Waals surface area contributed by atoms with Crippen LogP contribution in [0.5, 0.6) is 0 Å². The molecule has 0 saturated heterocycles. The normalized spacial score (nSPS) is 17.1. The van der Waals surface area contributed by atoms with Gasteiger partial charge < -0.3 is 93.9 Å². The van der Waals surface area contributed by atoms with Crippen LogP contribution < -0.4 is 22.7 Å². The van der Waals surface area contributed by atoms with E-state index in [1.165, 1.54) is 6.08 Å². The molecule has 0 spiro atoms. The van der Waals surface area contributed by atoms with Gasteiger partial charge in [0, 0.05) is 32.2 Å². The SMILES string of the molecule is CCCOCCN(CCOCCNC(=O)CO[C@@H]([C@@H]1OC(C(=O)O)=C[C@H](N=C(N)N)[C@H]1C)[C@H](O)CO)C(=O)CCOCCOCCOCCOCCOCCOCCOCCON. The molecule has 0 aliphatic carbocycles. The fourth-order valence-electron chi connectivity index (χ4n) is 5.53. The fourth-order valence-corrected chi connectivity index (χ4v) is 5.53. The van der Waals surface area contributed by atoms with Gasteiger partial charge in [-0.25, -0.2) is 15.7 Å². The molecule has 63 heavy (non-hydrogen) atoms. The second-order valence-corrected chi connectivity index (χ2v) is 13.7. The third-order valence-corrected chi connectivity index (χ3v) is 8.77. The van der Waals surface area contributed by atoms with Gasteiger partial charge in [-0.05, 0) is 12.5 Å². The van der Waals surface area contributed by atoms with Gasteiger partial charge in [-0.3, -0.25) is 9.59 Å². The number of amides is 2. The van der Waals surface area contributed by atoms with E-state index in [-0.39, 0.29) is 44.7 Å². The Morgan fingerprint density at radius 1 is 0.762 bits per heavy atom. The van der Waals surface area contributed by atoms with E-state index >= 15 is 0 Å². The molecule has 10 N–H and O–H groups in total. The Labute approximate surface area is 369 Å². The van der Waals surface area contributed by atoms with Gasteiger partial charge >= 0.3 is 5.97 Å². The Morgan fingerprint density at radius 2 is 1.24 bits per heavy atom. The van der Waals surface area contributed by atoms with E-state index in [0.717, 1.165) is 6.42 Å². The topological polar surface area (TPSA) is 328 Å². The molecule has 1 heterocycles. The number of aliphatic carboxylic acids is 1. The van der Waals surface area contributed by atoms with Crippen LogP contribution in [0, 0.1) is 5.92 Å². The molecule has 24 nitrogen and oxygen atoms in total. The molecular weight excluding hydrogens is 840 g/mol. The predicted octanol–water partition coefficient (Wildman–Crippen LogP) is -2.85. The highest BCUT2D eigenvalue weighted by Gasteiger charge is 2.42. The minimum atomic E-state index is -1.52. The molecule has 1 aliphatic rings. The number of guanidine groups is 1. The predicted molar refractivity (Wildman–Crippen MR) is 224 cm³/mol. The molecule has 1 rings (SSSR count). The number of ether oxygens (including phenoxy) is 11. The molecule has 0 saturated carbocycles. The number of hydrogen-bond donors (Lipinski definition) is 7. The summed E-state index contributed by atoms with van der Waals surface area (Å²) in [6.07, 6.45) is -1.73. The highest BCUT2D eigenvalue weighted by Crippen LogP contribution is 2.30. The lowest BCUT2D eigenvalue weighted by Crippen LogP contribution is -2.51. The van der Waals surface area contributed by atoms with E-state index < -0.39 is 61.1 Å². The standard InChI is InChI=1S/C39H74N6O18/c1-3-8-52-11-6-45(35(49)4-9-53-13-14-55-15-16-56-17-18-57-19-20-58-21-22-59-23-24-60-25-26-62-42)7-12-54-10-5-43-34(48)29-61-37(32(47)28-46)36-30(2)31(44-39(40)41)27-33(63-36)38(50)51/h27,30-32,36-37,46-47H,3-26,28-29,42H2,1-2H3,(H,43,48)(H,50,51)(H4,40,41,44)/t30-,31+,32-,36-,37-/m1/s1. The number of aliphatic imine (C=N–C) groups is 1. The van der Waals surface area contributed by atoms with Crippen LogP contribution in [0.3, 0.4) is 0 Å². The van der Waals surface area contributed by atoms with Crippen LogP contribution in [0.2, 0.25) is 0 Å². The van der Waals surface area contributed by atoms with Gasteiger partial charge in [-0.1, -0.05) is 13.8 Å². The van der Waals surface area contributed by atoms with Crippen molar-refractivity contribution in [3.8, 4) is 0 Å². The summed E-state index contributed by atoms with van der Waals surface area (Å²) >= 11 is 0. The van der Waals surface area contributed by atoms with Crippen molar-refractivity contribution in [1.29, 1.82) is 0 Å². The van der Waals surface area contributed by atoms with Crippen molar-refractivity contribution in [3.63, 3.8) is 0 Å². The van der Waals surface area contributed by atoms with Crippen molar-refractivity contribution in [2.75, 3.05) is 158 Å². The number of aliphatic hydroxyl groups is 2. The minimum Gasteiger partial charge on any atom is -0.480 e. The zero-order chi connectivity index (χ0) is 46.3.